The van der Waals surface area contributed by atoms with Crippen molar-refractivity contribution in [2.75, 3.05) is 19.8 Å². The van der Waals surface area contributed by atoms with Crippen LogP contribution in [0.3, 0.4) is 0 Å². The van der Waals surface area contributed by atoms with E-state index in [1.165, 1.54) is 0 Å². The number of rotatable bonds is 7. The minimum Gasteiger partial charge on any atom is -0.480 e. The zero-order valence-electron chi connectivity index (χ0n) is 10.1. The number of nitrogens with one attached hydrogen (secondary N) is 1. The molecule has 0 bridgehead atoms. The summed E-state index contributed by atoms with van der Waals surface area (Å²) in [5.74, 6) is -0.946. The van der Waals surface area contributed by atoms with Gasteiger partial charge in [-0.2, -0.15) is 0 Å². The summed E-state index contributed by atoms with van der Waals surface area (Å²) in [6.45, 7) is 4.69. The standard InChI is InChI=1S/C12H18N2O3/c1-9-4-3-5-11(14-9)10(2)13-6-7-17-8-12(15)16/h3-5,10,13H,6-8H2,1-2H3,(H,15,16). The van der Waals surface area contributed by atoms with Gasteiger partial charge in [0, 0.05) is 18.3 Å². The molecule has 0 radical (unpaired) electrons. The molecule has 0 aromatic carbocycles. The lowest BCUT2D eigenvalue weighted by atomic mass is 10.2. The number of aromatic nitrogens is 1. The molecule has 5 nitrogen and oxygen atoms in total. The third-order valence-electron chi connectivity index (χ3n) is 2.28. The molecule has 0 saturated heterocycles. The summed E-state index contributed by atoms with van der Waals surface area (Å²) in [4.78, 5) is 14.6. The van der Waals surface area contributed by atoms with Crippen LogP contribution in [0.15, 0.2) is 18.2 Å². The molecule has 17 heavy (non-hydrogen) atoms. The van der Waals surface area contributed by atoms with Gasteiger partial charge in [0.15, 0.2) is 0 Å². The van der Waals surface area contributed by atoms with Crippen molar-refractivity contribution in [3.63, 3.8) is 0 Å². The summed E-state index contributed by atoms with van der Waals surface area (Å²) in [6, 6.07) is 6.01. The summed E-state index contributed by atoms with van der Waals surface area (Å²) in [5.41, 5.74) is 1.96. The zero-order chi connectivity index (χ0) is 12.7. The molecular formula is C12H18N2O3. The molecule has 1 unspecified atom stereocenters. The van der Waals surface area contributed by atoms with Crippen molar-refractivity contribution in [1.29, 1.82) is 0 Å². The average Bonchev–Trinajstić information content (AvgIpc) is 2.28. The normalized spacial score (nSPS) is 12.4. The van der Waals surface area contributed by atoms with E-state index in [0.717, 1.165) is 11.4 Å². The van der Waals surface area contributed by atoms with Crippen LogP contribution in [0.5, 0.6) is 0 Å². The van der Waals surface area contributed by atoms with E-state index in [1.807, 2.05) is 32.0 Å². The second-order valence-corrected chi connectivity index (χ2v) is 3.83. The number of aliphatic carboxylic acids is 1. The highest BCUT2D eigenvalue weighted by Gasteiger charge is 2.05. The smallest absolute Gasteiger partial charge is 0.329 e. The molecule has 94 valence electrons. The number of carboxylic acid groups (broad SMARTS) is 1. The van der Waals surface area contributed by atoms with Crippen molar-refractivity contribution in [3.05, 3.63) is 29.6 Å². The largest absolute Gasteiger partial charge is 0.480 e. The minimum absolute atomic E-state index is 0.128. The van der Waals surface area contributed by atoms with Crippen LogP contribution in [0.25, 0.3) is 0 Å². The van der Waals surface area contributed by atoms with Gasteiger partial charge in [0.25, 0.3) is 0 Å². The number of carbonyl (C=O) groups is 1. The molecule has 0 spiro atoms. The van der Waals surface area contributed by atoms with Crippen LogP contribution in [0.4, 0.5) is 0 Å². The second-order valence-electron chi connectivity index (χ2n) is 3.83. The highest BCUT2D eigenvalue weighted by molar-refractivity contribution is 5.67. The third-order valence-corrected chi connectivity index (χ3v) is 2.28. The van der Waals surface area contributed by atoms with E-state index in [4.69, 9.17) is 9.84 Å². The third kappa shape index (κ3) is 5.42. The summed E-state index contributed by atoms with van der Waals surface area (Å²) in [6.07, 6.45) is 0. The van der Waals surface area contributed by atoms with E-state index in [2.05, 4.69) is 10.3 Å². The Morgan fingerprint density at radius 2 is 2.35 bits per heavy atom. The van der Waals surface area contributed by atoms with Crippen LogP contribution in [0.1, 0.15) is 24.4 Å². The van der Waals surface area contributed by atoms with Crippen molar-refractivity contribution < 1.29 is 14.6 Å². The molecule has 0 saturated carbocycles. The van der Waals surface area contributed by atoms with Crippen molar-refractivity contribution in [2.45, 2.75) is 19.9 Å². The SMILES string of the molecule is Cc1cccc(C(C)NCCOCC(=O)O)n1. The molecule has 0 aliphatic rings. The highest BCUT2D eigenvalue weighted by Crippen LogP contribution is 2.08. The second kappa shape index (κ2) is 6.98. The monoisotopic (exact) mass is 238 g/mol. The quantitative estimate of drug-likeness (QED) is 0.697. The van der Waals surface area contributed by atoms with Crippen LogP contribution in [-0.4, -0.2) is 35.8 Å². The van der Waals surface area contributed by atoms with Gasteiger partial charge >= 0.3 is 5.97 Å². The van der Waals surface area contributed by atoms with Crippen LogP contribution >= 0.6 is 0 Å². The summed E-state index contributed by atoms with van der Waals surface area (Å²) >= 11 is 0. The van der Waals surface area contributed by atoms with Crippen LogP contribution in [0.2, 0.25) is 0 Å². The topological polar surface area (TPSA) is 71.5 Å². The van der Waals surface area contributed by atoms with Crippen LogP contribution in [0, 0.1) is 6.92 Å². The van der Waals surface area contributed by atoms with E-state index < -0.39 is 5.97 Å². The number of ether oxygens (including phenoxy) is 1. The maximum absolute atomic E-state index is 10.2. The molecule has 5 heteroatoms. The minimum atomic E-state index is -0.946. The van der Waals surface area contributed by atoms with Crippen LogP contribution in [-0.2, 0) is 9.53 Å². The van der Waals surface area contributed by atoms with Gasteiger partial charge in [-0.1, -0.05) is 6.07 Å². The Morgan fingerprint density at radius 3 is 3.00 bits per heavy atom. The Balaban J connectivity index is 2.25. The van der Waals surface area contributed by atoms with Gasteiger partial charge in [-0.15, -0.1) is 0 Å². The number of aryl methyl sites for hydroxylation is 1. The van der Waals surface area contributed by atoms with E-state index >= 15 is 0 Å². The highest BCUT2D eigenvalue weighted by atomic mass is 16.5. The lowest BCUT2D eigenvalue weighted by Crippen LogP contribution is -2.25. The van der Waals surface area contributed by atoms with Crippen molar-refractivity contribution >= 4 is 5.97 Å². The molecule has 0 aliphatic heterocycles. The maximum atomic E-state index is 10.2. The predicted molar refractivity (Wildman–Crippen MR) is 63.8 cm³/mol. The van der Waals surface area contributed by atoms with Gasteiger partial charge in [-0.3, -0.25) is 4.98 Å². The van der Waals surface area contributed by atoms with Gasteiger partial charge in [0.05, 0.1) is 12.3 Å². The first-order valence-electron chi connectivity index (χ1n) is 5.56. The average molecular weight is 238 g/mol. The van der Waals surface area contributed by atoms with Gasteiger partial charge < -0.3 is 15.2 Å². The molecule has 1 heterocycles. The van der Waals surface area contributed by atoms with Gasteiger partial charge in [-0.05, 0) is 26.0 Å². The molecule has 0 amide bonds. The van der Waals surface area contributed by atoms with Crippen molar-refractivity contribution in [2.24, 2.45) is 0 Å². The molecule has 1 atom stereocenters. The first kappa shape index (κ1) is 13.6. The molecule has 2 N–H and O–H groups in total. The lowest BCUT2D eigenvalue weighted by molar-refractivity contribution is -0.142. The van der Waals surface area contributed by atoms with Gasteiger partial charge in [0.2, 0.25) is 0 Å². The first-order valence-corrected chi connectivity index (χ1v) is 5.56. The fourth-order valence-electron chi connectivity index (χ4n) is 1.42. The molecule has 0 fully saturated rings. The number of hydrogen-bond acceptors (Lipinski definition) is 4. The number of pyridine rings is 1. The van der Waals surface area contributed by atoms with E-state index in [0.29, 0.717) is 13.2 Å². The first-order chi connectivity index (χ1) is 8.09. The maximum Gasteiger partial charge on any atom is 0.329 e. The number of nitrogens with zero attached hydrogens (tertiary/aromatic N) is 1. The van der Waals surface area contributed by atoms with Crippen LogP contribution < -0.4 is 5.32 Å². The van der Waals surface area contributed by atoms with E-state index in [1.54, 1.807) is 0 Å². The van der Waals surface area contributed by atoms with Gasteiger partial charge in [0.1, 0.15) is 6.61 Å². The summed E-state index contributed by atoms with van der Waals surface area (Å²) < 4.78 is 4.92. The van der Waals surface area contributed by atoms with Crippen molar-refractivity contribution in [3.8, 4) is 0 Å². The molecule has 1 aromatic heterocycles. The fourth-order valence-corrected chi connectivity index (χ4v) is 1.42. The van der Waals surface area contributed by atoms with Crippen molar-refractivity contribution in [1.82, 2.24) is 10.3 Å². The zero-order valence-corrected chi connectivity index (χ0v) is 10.1. The summed E-state index contributed by atoms with van der Waals surface area (Å²) in [5, 5.41) is 11.6. The fraction of sp³-hybridized carbons (Fsp3) is 0.500. The number of hydrogen-bond donors (Lipinski definition) is 2. The Labute approximate surface area is 101 Å². The van der Waals surface area contributed by atoms with E-state index in [-0.39, 0.29) is 12.6 Å². The molecule has 1 aromatic rings. The lowest BCUT2D eigenvalue weighted by Gasteiger charge is -2.13. The predicted octanol–water partition coefficient (Wildman–Crippen LogP) is 1.14. The number of carboxylic acids is 1. The Bertz CT molecular complexity index is 369. The summed E-state index contributed by atoms with van der Waals surface area (Å²) in [7, 11) is 0. The molecular weight excluding hydrogens is 220 g/mol. The Kier molecular flexibility index (Phi) is 5.59. The molecule has 1 rings (SSSR count). The Morgan fingerprint density at radius 1 is 1.59 bits per heavy atom. The van der Waals surface area contributed by atoms with Gasteiger partial charge in [-0.25, -0.2) is 4.79 Å². The Hall–Kier alpha value is -1.46. The molecule has 0 aliphatic carbocycles. The van der Waals surface area contributed by atoms with E-state index in [9.17, 15) is 4.79 Å².